The average molecular weight is 410 g/mol. The second-order valence-electron chi connectivity index (χ2n) is 7.58. The zero-order chi connectivity index (χ0) is 20.9. The molecule has 0 unspecified atom stereocenters. The summed E-state index contributed by atoms with van der Waals surface area (Å²) in [6.07, 6.45) is -0.269. The molecule has 0 aliphatic carbocycles. The maximum Gasteiger partial charge on any atom is 0.410 e. The molecule has 0 bridgehead atoms. The number of amides is 2. The van der Waals surface area contributed by atoms with Crippen LogP contribution in [0.2, 0.25) is 0 Å². The fourth-order valence-electron chi connectivity index (χ4n) is 4.11. The van der Waals surface area contributed by atoms with E-state index in [2.05, 4.69) is 0 Å². The van der Waals surface area contributed by atoms with Crippen molar-refractivity contribution in [3.63, 3.8) is 0 Å². The van der Waals surface area contributed by atoms with E-state index in [0.717, 1.165) is 30.1 Å². The number of carbonyl (C=O) groups excluding carboxylic acids is 2. The fourth-order valence-corrected chi connectivity index (χ4v) is 4.11. The highest BCUT2D eigenvalue weighted by Gasteiger charge is 2.36. The van der Waals surface area contributed by atoms with Crippen LogP contribution in [0.1, 0.15) is 18.5 Å². The van der Waals surface area contributed by atoms with E-state index in [0.29, 0.717) is 32.8 Å². The Morgan fingerprint density at radius 2 is 1.77 bits per heavy atom. The van der Waals surface area contributed by atoms with Crippen molar-refractivity contribution in [3.05, 3.63) is 60.2 Å². The first-order chi connectivity index (χ1) is 14.7. The lowest BCUT2D eigenvalue weighted by atomic mass is 10.0. The topological polar surface area (TPSA) is 63.5 Å². The van der Waals surface area contributed by atoms with Crippen LogP contribution in [0, 0.1) is 0 Å². The molecule has 1 atom stereocenters. The van der Waals surface area contributed by atoms with Crippen LogP contribution in [0.25, 0.3) is 0 Å². The zero-order valence-electron chi connectivity index (χ0n) is 17.3. The van der Waals surface area contributed by atoms with Gasteiger partial charge in [-0.1, -0.05) is 42.5 Å². The lowest BCUT2D eigenvalue weighted by Crippen LogP contribution is -3.16. The molecule has 1 N–H and O–H groups in total. The molecule has 0 spiro atoms. The number of ether oxygens (including phenoxy) is 2. The van der Waals surface area contributed by atoms with Gasteiger partial charge in [-0.25, -0.2) is 4.79 Å². The normalized spacial score (nSPS) is 19.0. The molecule has 2 aromatic rings. The third-order valence-corrected chi connectivity index (χ3v) is 5.68. The van der Waals surface area contributed by atoms with Crippen molar-refractivity contribution >= 4 is 17.7 Å². The second-order valence-corrected chi connectivity index (χ2v) is 7.58. The molecule has 2 aliphatic heterocycles. The summed E-state index contributed by atoms with van der Waals surface area (Å²) in [5.74, 6) is 0.805. The molecule has 4 rings (SSSR count). The van der Waals surface area contributed by atoms with E-state index in [1.54, 1.807) is 11.8 Å². The summed E-state index contributed by atoms with van der Waals surface area (Å²) in [6.45, 7) is 5.65. The van der Waals surface area contributed by atoms with Gasteiger partial charge in [-0.2, -0.15) is 0 Å². The van der Waals surface area contributed by atoms with E-state index in [1.807, 2.05) is 59.5 Å². The van der Waals surface area contributed by atoms with Crippen LogP contribution in [-0.4, -0.2) is 62.8 Å². The van der Waals surface area contributed by atoms with Crippen LogP contribution in [0.3, 0.4) is 0 Å². The van der Waals surface area contributed by atoms with Gasteiger partial charge in [0, 0.05) is 0 Å². The molecule has 1 fully saturated rings. The number of quaternary nitrogens is 1. The zero-order valence-corrected chi connectivity index (χ0v) is 17.3. The number of rotatable bonds is 4. The van der Waals surface area contributed by atoms with Gasteiger partial charge in [-0.05, 0) is 24.6 Å². The van der Waals surface area contributed by atoms with E-state index in [1.165, 1.54) is 4.90 Å². The average Bonchev–Trinajstić information content (AvgIpc) is 2.79. The van der Waals surface area contributed by atoms with Crippen LogP contribution < -0.4 is 14.5 Å². The minimum absolute atomic E-state index is 0.0687. The predicted molar refractivity (Wildman–Crippen MR) is 113 cm³/mol. The van der Waals surface area contributed by atoms with Crippen molar-refractivity contribution in [1.29, 1.82) is 0 Å². The van der Waals surface area contributed by atoms with Gasteiger partial charge < -0.3 is 14.4 Å². The van der Waals surface area contributed by atoms with E-state index >= 15 is 0 Å². The first-order valence-electron chi connectivity index (χ1n) is 10.5. The number of para-hydroxylation sites is 2. The van der Waals surface area contributed by atoms with Gasteiger partial charge in [-0.3, -0.25) is 14.6 Å². The van der Waals surface area contributed by atoms with Gasteiger partial charge >= 0.3 is 6.09 Å². The van der Waals surface area contributed by atoms with Gasteiger partial charge in [0.05, 0.1) is 44.5 Å². The maximum atomic E-state index is 13.5. The third kappa shape index (κ3) is 4.26. The number of carbonyl (C=O) groups is 2. The van der Waals surface area contributed by atoms with Crippen molar-refractivity contribution in [1.82, 2.24) is 4.90 Å². The number of fused-ring (bicyclic) bond motifs is 1. The largest absolute Gasteiger partial charge is 0.489 e. The molecular formula is C23H28N3O4+. The van der Waals surface area contributed by atoms with Gasteiger partial charge in [0.1, 0.15) is 12.4 Å². The molecule has 2 aromatic carbocycles. The molecule has 0 radical (unpaired) electrons. The molecule has 7 heteroatoms. The minimum atomic E-state index is -0.269. The standard InChI is InChI=1S/C23H27N3O4/c1-2-29-23(28)25-14-12-24(13-15-25)16-22(27)26-19-10-6-7-11-21(19)30-17-20(26)18-8-4-3-5-9-18/h3-11,20H,2,12-17H2,1H3/p+1/t20-/m1/s1. The molecule has 0 saturated carbocycles. The molecule has 158 valence electrons. The third-order valence-electron chi connectivity index (χ3n) is 5.68. The highest BCUT2D eigenvalue weighted by Crippen LogP contribution is 2.39. The quantitative estimate of drug-likeness (QED) is 0.830. The van der Waals surface area contributed by atoms with Crippen molar-refractivity contribution in [2.75, 3.05) is 50.8 Å². The van der Waals surface area contributed by atoms with Crippen molar-refractivity contribution in [3.8, 4) is 5.75 Å². The molecule has 2 heterocycles. The Morgan fingerprint density at radius 3 is 2.50 bits per heavy atom. The Hall–Kier alpha value is -3.06. The van der Waals surface area contributed by atoms with Gasteiger partial charge in [0.25, 0.3) is 5.91 Å². The van der Waals surface area contributed by atoms with Gasteiger partial charge in [0.15, 0.2) is 6.54 Å². The molecule has 2 aliphatic rings. The van der Waals surface area contributed by atoms with E-state index in [9.17, 15) is 9.59 Å². The van der Waals surface area contributed by atoms with Crippen LogP contribution in [0.4, 0.5) is 10.5 Å². The van der Waals surface area contributed by atoms with Crippen LogP contribution in [0.5, 0.6) is 5.75 Å². The molecule has 1 saturated heterocycles. The first-order valence-corrected chi connectivity index (χ1v) is 10.5. The number of nitrogens with zero attached hydrogens (tertiary/aromatic N) is 2. The number of piperazine rings is 1. The Kier molecular flexibility index (Phi) is 6.18. The molecule has 7 nitrogen and oxygen atoms in total. The smallest absolute Gasteiger partial charge is 0.410 e. The highest BCUT2D eigenvalue weighted by molar-refractivity contribution is 5.96. The Balaban J connectivity index is 1.49. The fraction of sp³-hybridized carbons (Fsp3) is 0.391. The van der Waals surface area contributed by atoms with Gasteiger partial charge in [-0.15, -0.1) is 0 Å². The minimum Gasteiger partial charge on any atom is -0.489 e. The first kappa shape index (κ1) is 20.2. The van der Waals surface area contributed by atoms with Crippen molar-refractivity contribution in [2.24, 2.45) is 0 Å². The van der Waals surface area contributed by atoms with Crippen LogP contribution >= 0.6 is 0 Å². The van der Waals surface area contributed by atoms with Crippen molar-refractivity contribution in [2.45, 2.75) is 13.0 Å². The van der Waals surface area contributed by atoms with E-state index < -0.39 is 0 Å². The summed E-state index contributed by atoms with van der Waals surface area (Å²) in [4.78, 5) is 30.2. The number of hydrogen-bond acceptors (Lipinski definition) is 4. The maximum absolute atomic E-state index is 13.5. The summed E-state index contributed by atoms with van der Waals surface area (Å²) in [7, 11) is 0. The molecular weight excluding hydrogens is 382 g/mol. The number of benzene rings is 2. The molecule has 0 aromatic heterocycles. The number of nitrogens with one attached hydrogen (secondary N) is 1. The van der Waals surface area contributed by atoms with E-state index in [4.69, 9.17) is 9.47 Å². The highest BCUT2D eigenvalue weighted by atomic mass is 16.6. The van der Waals surface area contributed by atoms with Gasteiger partial charge in [0.2, 0.25) is 0 Å². The summed E-state index contributed by atoms with van der Waals surface area (Å²) >= 11 is 0. The SMILES string of the molecule is CCOC(=O)N1CC[NH+](CC(=O)N2c3ccccc3OC[C@@H]2c2ccccc2)CC1. The Morgan fingerprint density at radius 1 is 1.07 bits per heavy atom. The molecule has 30 heavy (non-hydrogen) atoms. The predicted octanol–water partition coefficient (Wildman–Crippen LogP) is 1.51. The summed E-state index contributed by atoms with van der Waals surface area (Å²) < 4.78 is 11.0. The van der Waals surface area contributed by atoms with Crippen molar-refractivity contribution < 1.29 is 24.0 Å². The monoisotopic (exact) mass is 410 g/mol. The summed E-state index contributed by atoms with van der Waals surface area (Å²) in [6, 6.07) is 17.6. The lowest BCUT2D eigenvalue weighted by Gasteiger charge is -2.38. The summed E-state index contributed by atoms with van der Waals surface area (Å²) in [5, 5.41) is 0. The van der Waals surface area contributed by atoms with Crippen LogP contribution in [0.15, 0.2) is 54.6 Å². The molecule has 2 amide bonds. The Bertz CT molecular complexity index is 881. The summed E-state index contributed by atoms with van der Waals surface area (Å²) in [5.41, 5.74) is 1.87. The van der Waals surface area contributed by atoms with E-state index in [-0.39, 0.29) is 18.0 Å². The van der Waals surface area contributed by atoms with Crippen LogP contribution in [-0.2, 0) is 9.53 Å². The second kappa shape index (κ2) is 9.17. The number of anilines is 1. The Labute approximate surface area is 176 Å². The number of hydrogen-bond donors (Lipinski definition) is 1. The lowest BCUT2D eigenvalue weighted by molar-refractivity contribution is -0.895.